The lowest BCUT2D eigenvalue weighted by atomic mass is 10.1. The number of para-hydroxylation sites is 1. The van der Waals surface area contributed by atoms with Crippen LogP contribution >= 0.6 is 0 Å². The first-order valence-electron chi connectivity index (χ1n) is 8.97. The molecule has 0 aromatic heterocycles. The van der Waals surface area contributed by atoms with E-state index in [9.17, 15) is 4.79 Å². The summed E-state index contributed by atoms with van der Waals surface area (Å²) >= 11 is 0. The van der Waals surface area contributed by atoms with Gasteiger partial charge in [-0.3, -0.25) is 4.79 Å². The zero-order valence-electron chi connectivity index (χ0n) is 15.6. The van der Waals surface area contributed by atoms with E-state index in [1.54, 1.807) is 6.07 Å². The highest BCUT2D eigenvalue weighted by Crippen LogP contribution is 2.23. The van der Waals surface area contributed by atoms with Crippen molar-refractivity contribution in [3.63, 3.8) is 0 Å². The van der Waals surface area contributed by atoms with Crippen LogP contribution in [-0.2, 0) is 6.61 Å². The molecule has 0 spiro atoms. The van der Waals surface area contributed by atoms with E-state index in [4.69, 9.17) is 9.47 Å². The summed E-state index contributed by atoms with van der Waals surface area (Å²) in [6.45, 7) is 4.80. The van der Waals surface area contributed by atoms with Crippen molar-refractivity contribution < 1.29 is 14.3 Å². The standard InChI is InChI=1S/C23H23NO3/c1-3-26-22-13-12-18(23(25)24-20-9-7-8-17(2)14-20)15-19(22)16-27-21-10-5-4-6-11-21/h4-15H,3,16H2,1-2H3,(H,24,25). The van der Waals surface area contributed by atoms with Gasteiger partial charge in [0.1, 0.15) is 18.1 Å². The first kappa shape index (κ1) is 18.5. The molecule has 3 rings (SSSR count). The first-order valence-corrected chi connectivity index (χ1v) is 8.97. The summed E-state index contributed by atoms with van der Waals surface area (Å²) in [5.41, 5.74) is 3.26. The van der Waals surface area contributed by atoms with E-state index in [1.165, 1.54) is 0 Å². The fourth-order valence-electron chi connectivity index (χ4n) is 2.73. The molecule has 1 N–H and O–H groups in total. The van der Waals surface area contributed by atoms with Crippen LogP contribution < -0.4 is 14.8 Å². The van der Waals surface area contributed by atoms with Crippen molar-refractivity contribution in [2.75, 3.05) is 11.9 Å². The Balaban J connectivity index is 1.78. The van der Waals surface area contributed by atoms with Gasteiger partial charge in [0.2, 0.25) is 0 Å². The van der Waals surface area contributed by atoms with Crippen LogP contribution in [0.2, 0.25) is 0 Å². The molecular weight excluding hydrogens is 338 g/mol. The third-order valence-electron chi connectivity index (χ3n) is 4.04. The average molecular weight is 361 g/mol. The van der Waals surface area contributed by atoms with Crippen LogP contribution in [0.3, 0.4) is 0 Å². The Kier molecular flexibility index (Phi) is 6.10. The minimum absolute atomic E-state index is 0.162. The Morgan fingerprint density at radius 1 is 0.926 bits per heavy atom. The van der Waals surface area contributed by atoms with E-state index < -0.39 is 0 Å². The summed E-state index contributed by atoms with van der Waals surface area (Å²) in [5, 5.41) is 2.93. The normalized spacial score (nSPS) is 10.3. The topological polar surface area (TPSA) is 47.6 Å². The third-order valence-corrected chi connectivity index (χ3v) is 4.04. The number of rotatable bonds is 7. The second-order valence-electron chi connectivity index (χ2n) is 6.18. The molecule has 4 heteroatoms. The predicted molar refractivity (Wildman–Crippen MR) is 108 cm³/mol. The lowest BCUT2D eigenvalue weighted by molar-refractivity contribution is 0.102. The van der Waals surface area contributed by atoms with Crippen molar-refractivity contribution in [2.45, 2.75) is 20.5 Å². The number of anilines is 1. The monoisotopic (exact) mass is 361 g/mol. The summed E-state index contributed by atoms with van der Waals surface area (Å²) in [6, 6.07) is 22.7. The van der Waals surface area contributed by atoms with Crippen LogP contribution in [0.1, 0.15) is 28.4 Å². The average Bonchev–Trinajstić information content (AvgIpc) is 2.68. The van der Waals surface area contributed by atoms with E-state index in [-0.39, 0.29) is 5.91 Å². The molecule has 4 nitrogen and oxygen atoms in total. The quantitative estimate of drug-likeness (QED) is 0.627. The van der Waals surface area contributed by atoms with E-state index in [1.807, 2.05) is 80.6 Å². The van der Waals surface area contributed by atoms with Gasteiger partial charge in [-0.05, 0) is 61.9 Å². The summed E-state index contributed by atoms with van der Waals surface area (Å²) in [5.74, 6) is 1.33. The molecule has 0 aliphatic carbocycles. The van der Waals surface area contributed by atoms with E-state index >= 15 is 0 Å². The molecule has 27 heavy (non-hydrogen) atoms. The highest BCUT2D eigenvalue weighted by Gasteiger charge is 2.12. The second kappa shape index (κ2) is 8.90. The fourth-order valence-corrected chi connectivity index (χ4v) is 2.73. The molecule has 1 amide bonds. The Bertz CT molecular complexity index is 907. The van der Waals surface area contributed by atoms with Gasteiger partial charge < -0.3 is 14.8 Å². The number of ether oxygens (including phenoxy) is 2. The number of benzene rings is 3. The van der Waals surface area contributed by atoms with Crippen LogP contribution in [0, 0.1) is 6.92 Å². The molecule has 138 valence electrons. The molecule has 0 saturated heterocycles. The Hall–Kier alpha value is -3.27. The second-order valence-corrected chi connectivity index (χ2v) is 6.18. The van der Waals surface area contributed by atoms with Crippen LogP contribution in [0.5, 0.6) is 11.5 Å². The maximum atomic E-state index is 12.6. The van der Waals surface area contributed by atoms with Crippen molar-refractivity contribution >= 4 is 11.6 Å². The van der Waals surface area contributed by atoms with Gasteiger partial charge in [-0.25, -0.2) is 0 Å². The Labute approximate surface area is 159 Å². The molecule has 0 aliphatic heterocycles. The van der Waals surface area contributed by atoms with E-state index in [2.05, 4.69) is 5.32 Å². The number of amides is 1. The van der Waals surface area contributed by atoms with Gasteiger partial charge in [0.05, 0.1) is 6.61 Å². The smallest absolute Gasteiger partial charge is 0.255 e. The summed E-state index contributed by atoms with van der Waals surface area (Å²) in [6.07, 6.45) is 0. The molecule has 0 heterocycles. The van der Waals surface area contributed by atoms with Crippen molar-refractivity contribution in [1.29, 1.82) is 0 Å². The molecule has 0 unspecified atom stereocenters. The molecule has 0 saturated carbocycles. The van der Waals surface area contributed by atoms with Crippen LogP contribution in [0.4, 0.5) is 5.69 Å². The zero-order chi connectivity index (χ0) is 19.1. The molecule has 3 aromatic carbocycles. The number of carbonyl (C=O) groups excluding carboxylic acids is 1. The highest BCUT2D eigenvalue weighted by atomic mass is 16.5. The minimum atomic E-state index is -0.162. The SMILES string of the molecule is CCOc1ccc(C(=O)Nc2cccc(C)c2)cc1COc1ccccc1. The first-order chi connectivity index (χ1) is 13.2. The molecule has 3 aromatic rings. The number of carbonyl (C=O) groups is 1. The van der Waals surface area contributed by atoms with Crippen molar-refractivity contribution in [3.05, 3.63) is 89.5 Å². The maximum absolute atomic E-state index is 12.6. The van der Waals surface area contributed by atoms with Gasteiger partial charge in [-0.1, -0.05) is 30.3 Å². The summed E-state index contributed by atoms with van der Waals surface area (Å²) < 4.78 is 11.5. The zero-order valence-corrected chi connectivity index (χ0v) is 15.6. The van der Waals surface area contributed by atoms with Gasteiger partial charge in [-0.2, -0.15) is 0 Å². The van der Waals surface area contributed by atoms with Gasteiger partial charge in [0.25, 0.3) is 5.91 Å². The predicted octanol–water partition coefficient (Wildman–Crippen LogP) is 5.23. The summed E-state index contributed by atoms with van der Waals surface area (Å²) in [4.78, 5) is 12.6. The largest absolute Gasteiger partial charge is 0.493 e. The lowest BCUT2D eigenvalue weighted by Crippen LogP contribution is -2.13. The van der Waals surface area contributed by atoms with Gasteiger partial charge >= 0.3 is 0 Å². The van der Waals surface area contributed by atoms with Gasteiger partial charge in [0.15, 0.2) is 0 Å². The van der Waals surface area contributed by atoms with Gasteiger partial charge in [0, 0.05) is 16.8 Å². The summed E-state index contributed by atoms with van der Waals surface area (Å²) in [7, 11) is 0. The van der Waals surface area contributed by atoms with Crippen molar-refractivity contribution in [3.8, 4) is 11.5 Å². The molecule has 0 aliphatic rings. The van der Waals surface area contributed by atoms with Crippen molar-refractivity contribution in [2.24, 2.45) is 0 Å². The van der Waals surface area contributed by atoms with Crippen LogP contribution in [0.15, 0.2) is 72.8 Å². The molecule has 0 atom stereocenters. The van der Waals surface area contributed by atoms with Crippen molar-refractivity contribution in [1.82, 2.24) is 0 Å². The highest BCUT2D eigenvalue weighted by molar-refractivity contribution is 6.04. The minimum Gasteiger partial charge on any atom is -0.493 e. The maximum Gasteiger partial charge on any atom is 0.255 e. The number of aryl methyl sites for hydroxylation is 1. The van der Waals surface area contributed by atoms with Crippen LogP contribution in [0.25, 0.3) is 0 Å². The number of hydrogen-bond donors (Lipinski definition) is 1. The van der Waals surface area contributed by atoms with E-state index in [0.717, 1.165) is 28.3 Å². The Morgan fingerprint density at radius 3 is 2.48 bits per heavy atom. The lowest BCUT2D eigenvalue weighted by Gasteiger charge is -2.13. The fraction of sp³-hybridized carbons (Fsp3) is 0.174. The van der Waals surface area contributed by atoms with E-state index in [0.29, 0.717) is 18.8 Å². The number of nitrogens with one attached hydrogen (secondary N) is 1. The molecule has 0 bridgehead atoms. The molecular formula is C23H23NO3. The van der Waals surface area contributed by atoms with Gasteiger partial charge in [-0.15, -0.1) is 0 Å². The molecule has 0 fully saturated rings. The Morgan fingerprint density at radius 2 is 1.74 bits per heavy atom. The van der Waals surface area contributed by atoms with Crippen LogP contribution in [-0.4, -0.2) is 12.5 Å². The molecule has 0 radical (unpaired) electrons. The third kappa shape index (κ3) is 5.11. The number of hydrogen-bond acceptors (Lipinski definition) is 3.